The summed E-state index contributed by atoms with van der Waals surface area (Å²) < 4.78 is 12.6. The highest BCUT2D eigenvalue weighted by Crippen LogP contribution is 2.70. The fourth-order valence-corrected chi connectivity index (χ4v) is 7.69. The van der Waals surface area contributed by atoms with E-state index in [1.165, 1.54) is 24.8 Å². The van der Waals surface area contributed by atoms with Gasteiger partial charge in [0.15, 0.2) is 0 Å². The molecule has 5 heteroatoms. The largest absolute Gasteiger partial charge is 0.462 e. The molecule has 2 aliphatic carbocycles. The van der Waals surface area contributed by atoms with Crippen molar-refractivity contribution in [3.63, 3.8) is 0 Å². The molecule has 5 aliphatic rings. The highest BCUT2D eigenvalue weighted by molar-refractivity contribution is 5.76. The maximum atomic E-state index is 13.0. The van der Waals surface area contributed by atoms with Crippen molar-refractivity contribution in [3.8, 4) is 0 Å². The normalized spacial score (nSPS) is 44.8. The molecule has 1 spiro atoms. The van der Waals surface area contributed by atoms with Gasteiger partial charge in [0.1, 0.15) is 11.7 Å². The van der Waals surface area contributed by atoms with Gasteiger partial charge in [-0.2, -0.15) is 0 Å². The molecule has 0 radical (unpaired) electrons. The number of piperazine rings is 1. The van der Waals surface area contributed by atoms with Gasteiger partial charge in [-0.3, -0.25) is 14.6 Å². The molecule has 5 fully saturated rings. The highest BCUT2D eigenvalue weighted by atomic mass is 16.6. The molecule has 0 amide bonds. The third-order valence-corrected chi connectivity index (χ3v) is 9.36. The minimum absolute atomic E-state index is 0.00697. The molecular weight excluding hydrogens is 388 g/mol. The van der Waals surface area contributed by atoms with Gasteiger partial charge in [0.05, 0.1) is 12.0 Å². The Hall–Kier alpha value is -1.43. The Morgan fingerprint density at radius 3 is 2.61 bits per heavy atom. The Labute approximate surface area is 186 Å². The first kappa shape index (κ1) is 20.2. The van der Waals surface area contributed by atoms with E-state index in [9.17, 15) is 4.79 Å². The van der Waals surface area contributed by atoms with Crippen molar-refractivity contribution in [1.29, 1.82) is 0 Å². The molecule has 1 aromatic rings. The Balaban J connectivity index is 1.11. The molecule has 3 saturated heterocycles. The SMILES string of the molecule is C[C@@H]1CCC[C@@]2(C)C[C@H]3OC(=O)[C@H](CN4CCN(Cc5ccccc5)CC4)[C@@H]3[C@@H]3O[C@]132. The first-order chi connectivity index (χ1) is 15.0. The van der Waals surface area contributed by atoms with Crippen LogP contribution in [0.1, 0.15) is 45.1 Å². The first-order valence-electron chi connectivity index (χ1n) is 12.4. The predicted molar refractivity (Wildman–Crippen MR) is 118 cm³/mol. The summed E-state index contributed by atoms with van der Waals surface area (Å²) in [5.41, 5.74) is 1.56. The van der Waals surface area contributed by atoms with Gasteiger partial charge in [-0.1, -0.05) is 50.6 Å². The van der Waals surface area contributed by atoms with Crippen LogP contribution >= 0.6 is 0 Å². The summed E-state index contributed by atoms with van der Waals surface area (Å²) in [6, 6.07) is 10.7. The zero-order valence-corrected chi connectivity index (χ0v) is 19.0. The van der Waals surface area contributed by atoms with E-state index in [0.717, 1.165) is 45.7 Å². The molecule has 0 aromatic heterocycles. The topological polar surface area (TPSA) is 45.3 Å². The second-order valence-corrected chi connectivity index (χ2v) is 11.1. The van der Waals surface area contributed by atoms with Crippen molar-refractivity contribution in [2.24, 2.45) is 23.2 Å². The zero-order valence-electron chi connectivity index (χ0n) is 19.0. The summed E-state index contributed by atoms with van der Waals surface area (Å²) in [6.07, 6.45) is 5.02. The summed E-state index contributed by atoms with van der Waals surface area (Å²) in [5, 5.41) is 0. The fourth-order valence-electron chi connectivity index (χ4n) is 7.69. The van der Waals surface area contributed by atoms with Crippen LogP contribution in [0.15, 0.2) is 30.3 Å². The number of carbonyl (C=O) groups is 1. The zero-order chi connectivity index (χ0) is 21.2. The van der Waals surface area contributed by atoms with Crippen LogP contribution in [0.3, 0.4) is 0 Å². The van der Waals surface area contributed by atoms with Crippen LogP contribution in [0.25, 0.3) is 0 Å². The molecular formula is C26H36N2O3. The lowest BCUT2D eigenvalue weighted by molar-refractivity contribution is -0.146. The summed E-state index contributed by atoms with van der Waals surface area (Å²) in [7, 11) is 0. The van der Waals surface area contributed by atoms with Crippen molar-refractivity contribution in [2.75, 3.05) is 32.7 Å². The van der Waals surface area contributed by atoms with E-state index in [-0.39, 0.29) is 41.0 Å². The first-order valence-corrected chi connectivity index (χ1v) is 12.4. The standard InChI is InChI=1S/C26H36N2O3/c1-18-7-6-10-25(2)15-21-22(23-26(18,25)31-23)20(24(29)30-21)17-28-13-11-27(12-14-28)16-19-8-4-3-5-9-19/h3-5,8-9,18,20-23H,6-7,10-17H2,1-2H3/t18-,20-,21-,22+,23+,25+,26-/m1/s1. The van der Waals surface area contributed by atoms with E-state index >= 15 is 0 Å². The lowest BCUT2D eigenvalue weighted by Gasteiger charge is -2.49. The third kappa shape index (κ3) is 3.11. The average molecular weight is 425 g/mol. The third-order valence-electron chi connectivity index (χ3n) is 9.36. The number of benzene rings is 1. The number of nitrogens with zero attached hydrogens (tertiary/aromatic N) is 2. The van der Waals surface area contributed by atoms with Crippen molar-refractivity contribution < 1.29 is 14.3 Å². The van der Waals surface area contributed by atoms with Crippen LogP contribution in [-0.2, 0) is 20.8 Å². The number of epoxide rings is 1. The van der Waals surface area contributed by atoms with E-state index in [4.69, 9.17) is 9.47 Å². The summed E-state index contributed by atoms with van der Waals surface area (Å²) >= 11 is 0. The van der Waals surface area contributed by atoms with E-state index < -0.39 is 0 Å². The Kier molecular flexibility index (Phi) is 4.75. The van der Waals surface area contributed by atoms with Gasteiger partial charge in [0.25, 0.3) is 0 Å². The second kappa shape index (κ2) is 7.29. The molecule has 1 aromatic carbocycles. The molecule has 168 valence electrons. The van der Waals surface area contributed by atoms with Crippen LogP contribution in [-0.4, -0.2) is 66.3 Å². The molecule has 0 N–H and O–H groups in total. The second-order valence-electron chi connectivity index (χ2n) is 11.1. The molecule has 3 heterocycles. The van der Waals surface area contributed by atoms with E-state index in [2.05, 4.69) is 54.0 Å². The Morgan fingerprint density at radius 2 is 1.84 bits per heavy atom. The number of esters is 1. The van der Waals surface area contributed by atoms with Crippen LogP contribution in [0.2, 0.25) is 0 Å². The number of carbonyl (C=O) groups excluding carboxylic acids is 1. The lowest BCUT2D eigenvalue weighted by Crippen LogP contribution is -2.55. The van der Waals surface area contributed by atoms with Gasteiger partial charge >= 0.3 is 5.97 Å². The molecule has 5 nitrogen and oxygen atoms in total. The predicted octanol–water partition coefficient (Wildman–Crippen LogP) is 3.33. The molecule has 0 bridgehead atoms. The van der Waals surface area contributed by atoms with Crippen LogP contribution < -0.4 is 0 Å². The average Bonchev–Trinajstić information content (AvgIpc) is 3.45. The Bertz CT molecular complexity index is 838. The smallest absolute Gasteiger partial charge is 0.311 e. The molecule has 2 saturated carbocycles. The van der Waals surface area contributed by atoms with E-state index in [1.807, 2.05) is 0 Å². The van der Waals surface area contributed by atoms with Gasteiger partial charge in [-0.15, -0.1) is 0 Å². The van der Waals surface area contributed by atoms with Crippen molar-refractivity contribution in [1.82, 2.24) is 9.80 Å². The van der Waals surface area contributed by atoms with E-state index in [0.29, 0.717) is 5.92 Å². The van der Waals surface area contributed by atoms with Crippen molar-refractivity contribution in [3.05, 3.63) is 35.9 Å². The van der Waals surface area contributed by atoms with Gasteiger partial charge < -0.3 is 9.47 Å². The number of hydrogen-bond acceptors (Lipinski definition) is 5. The van der Waals surface area contributed by atoms with Crippen molar-refractivity contribution >= 4 is 5.97 Å². The van der Waals surface area contributed by atoms with Crippen LogP contribution in [0.4, 0.5) is 0 Å². The van der Waals surface area contributed by atoms with Crippen LogP contribution in [0.5, 0.6) is 0 Å². The van der Waals surface area contributed by atoms with Gasteiger partial charge in [0, 0.05) is 50.6 Å². The number of fused-ring (bicyclic) bond motifs is 2. The minimum Gasteiger partial charge on any atom is -0.462 e. The summed E-state index contributed by atoms with van der Waals surface area (Å²) in [4.78, 5) is 18.0. The van der Waals surface area contributed by atoms with Gasteiger partial charge in [-0.25, -0.2) is 0 Å². The highest BCUT2D eigenvalue weighted by Gasteiger charge is 2.78. The Morgan fingerprint density at radius 1 is 1.10 bits per heavy atom. The van der Waals surface area contributed by atoms with Gasteiger partial charge in [-0.05, 0) is 30.7 Å². The fraction of sp³-hybridized carbons (Fsp3) is 0.731. The van der Waals surface area contributed by atoms with Crippen LogP contribution in [0, 0.1) is 23.2 Å². The summed E-state index contributed by atoms with van der Waals surface area (Å²) in [5.74, 6) is 0.856. The number of hydrogen-bond donors (Lipinski definition) is 0. The molecule has 0 unspecified atom stereocenters. The summed E-state index contributed by atoms with van der Waals surface area (Å²) in [6.45, 7) is 10.8. The van der Waals surface area contributed by atoms with E-state index in [1.54, 1.807) is 0 Å². The molecule has 7 atom stereocenters. The maximum absolute atomic E-state index is 13.0. The van der Waals surface area contributed by atoms with Crippen molar-refractivity contribution in [2.45, 2.75) is 63.9 Å². The molecule has 3 aliphatic heterocycles. The van der Waals surface area contributed by atoms with Gasteiger partial charge in [0.2, 0.25) is 0 Å². The number of ether oxygens (including phenoxy) is 2. The molecule has 31 heavy (non-hydrogen) atoms. The maximum Gasteiger partial charge on any atom is 0.311 e. The molecule has 6 rings (SSSR count). The quantitative estimate of drug-likeness (QED) is 0.548. The monoisotopic (exact) mass is 424 g/mol. The minimum atomic E-state index is -0.0197. The number of rotatable bonds is 4. The lowest BCUT2D eigenvalue weighted by atomic mass is 9.53.